The monoisotopic (exact) mass is 210 g/mol. The summed E-state index contributed by atoms with van der Waals surface area (Å²) in [5.41, 5.74) is 0. The van der Waals surface area contributed by atoms with Gasteiger partial charge in [0.1, 0.15) is 0 Å². The molecule has 1 aliphatic rings. The van der Waals surface area contributed by atoms with Gasteiger partial charge in [-0.25, -0.2) is 0 Å². The third-order valence-corrected chi connectivity index (χ3v) is 1.93. The van der Waals surface area contributed by atoms with Crippen LogP contribution in [-0.2, 0) is 4.79 Å². The second kappa shape index (κ2) is 4.08. The molecule has 5 nitrogen and oxygen atoms in total. The lowest BCUT2D eigenvalue weighted by Gasteiger charge is -2.06. The van der Waals surface area contributed by atoms with E-state index < -0.39 is 5.97 Å². The average molecular weight is 210 g/mol. The molecule has 1 heterocycles. The number of aliphatic carboxylic acids is 1. The summed E-state index contributed by atoms with van der Waals surface area (Å²) in [4.78, 5) is 10.3. The predicted molar refractivity (Wildman–Crippen MR) is 50.3 cm³/mol. The van der Waals surface area contributed by atoms with Crippen LogP contribution in [0.15, 0.2) is 18.2 Å². The Kier molecular flexibility index (Phi) is 2.62. The third-order valence-electron chi connectivity index (χ3n) is 1.93. The van der Waals surface area contributed by atoms with Crippen molar-refractivity contribution in [2.75, 3.05) is 13.4 Å². The molecule has 80 valence electrons. The first-order chi connectivity index (χ1) is 7.27. The molecule has 1 N–H and O–H groups in total. The molecule has 0 saturated heterocycles. The minimum absolute atomic E-state index is 0.0372. The van der Waals surface area contributed by atoms with Crippen LogP contribution in [0.2, 0.25) is 0 Å². The van der Waals surface area contributed by atoms with Gasteiger partial charge in [-0.05, 0) is 12.1 Å². The molecule has 0 spiro atoms. The van der Waals surface area contributed by atoms with Crippen LogP contribution in [0.5, 0.6) is 17.2 Å². The summed E-state index contributed by atoms with van der Waals surface area (Å²) >= 11 is 0. The summed E-state index contributed by atoms with van der Waals surface area (Å²) < 4.78 is 15.6. The minimum atomic E-state index is -0.889. The normalized spacial score (nSPS) is 12.5. The van der Waals surface area contributed by atoms with Crippen LogP contribution in [0.3, 0.4) is 0 Å². The maximum absolute atomic E-state index is 10.3. The smallest absolute Gasteiger partial charge is 0.306 e. The van der Waals surface area contributed by atoms with E-state index >= 15 is 0 Å². The number of carbonyl (C=O) groups is 1. The van der Waals surface area contributed by atoms with Gasteiger partial charge < -0.3 is 19.3 Å². The molecule has 0 atom stereocenters. The van der Waals surface area contributed by atoms with Crippen LogP contribution in [-0.4, -0.2) is 24.5 Å². The molecule has 0 bridgehead atoms. The van der Waals surface area contributed by atoms with Gasteiger partial charge in [0.2, 0.25) is 12.5 Å². The van der Waals surface area contributed by atoms with E-state index in [-0.39, 0.29) is 19.8 Å². The number of hydrogen-bond acceptors (Lipinski definition) is 4. The fourth-order valence-electron chi connectivity index (χ4n) is 1.27. The Morgan fingerprint density at radius 2 is 2.33 bits per heavy atom. The zero-order valence-corrected chi connectivity index (χ0v) is 7.93. The van der Waals surface area contributed by atoms with Gasteiger partial charge in [0.15, 0.2) is 11.5 Å². The van der Waals surface area contributed by atoms with E-state index in [2.05, 4.69) is 0 Å². The molecule has 2 rings (SSSR count). The molecule has 0 fully saturated rings. The van der Waals surface area contributed by atoms with Gasteiger partial charge in [0.05, 0.1) is 13.0 Å². The fraction of sp³-hybridized carbons (Fsp3) is 0.300. The number of hydrogen-bond donors (Lipinski definition) is 1. The van der Waals surface area contributed by atoms with Crippen molar-refractivity contribution in [2.45, 2.75) is 6.42 Å². The Hall–Kier alpha value is -1.91. The van der Waals surface area contributed by atoms with E-state index in [1.54, 1.807) is 18.2 Å². The Bertz CT molecular complexity index is 374. The molecule has 0 aliphatic carbocycles. The zero-order valence-electron chi connectivity index (χ0n) is 7.93. The van der Waals surface area contributed by atoms with Crippen molar-refractivity contribution in [3.05, 3.63) is 18.2 Å². The van der Waals surface area contributed by atoms with Gasteiger partial charge in [-0.3, -0.25) is 4.79 Å². The standard InChI is InChI=1S/C10H10O5/c11-9(12)4-5-13-7-2-1-3-8-10(7)15-6-14-8/h1-3H,4-6H2,(H,11,12). The van der Waals surface area contributed by atoms with Crippen molar-refractivity contribution in [2.24, 2.45) is 0 Å². The Labute approximate surface area is 86.2 Å². The minimum Gasteiger partial charge on any atom is -0.489 e. The average Bonchev–Trinajstić information content (AvgIpc) is 2.65. The molecule has 0 radical (unpaired) electrons. The van der Waals surface area contributed by atoms with Crippen LogP contribution in [0.4, 0.5) is 0 Å². The van der Waals surface area contributed by atoms with Gasteiger partial charge in [0.25, 0.3) is 0 Å². The van der Waals surface area contributed by atoms with E-state index in [0.29, 0.717) is 17.2 Å². The first kappa shape index (κ1) is 9.64. The molecular weight excluding hydrogens is 200 g/mol. The SMILES string of the molecule is O=C(O)CCOc1cccc2c1OCO2. The Morgan fingerprint density at radius 1 is 1.47 bits per heavy atom. The van der Waals surface area contributed by atoms with Crippen LogP contribution >= 0.6 is 0 Å². The molecule has 0 unspecified atom stereocenters. The van der Waals surface area contributed by atoms with Crippen molar-refractivity contribution < 1.29 is 24.1 Å². The van der Waals surface area contributed by atoms with Crippen LogP contribution in [0, 0.1) is 0 Å². The van der Waals surface area contributed by atoms with E-state index in [4.69, 9.17) is 19.3 Å². The lowest BCUT2D eigenvalue weighted by molar-refractivity contribution is -0.137. The lowest BCUT2D eigenvalue weighted by Crippen LogP contribution is -2.05. The summed E-state index contributed by atoms with van der Waals surface area (Å²) in [7, 11) is 0. The van der Waals surface area contributed by atoms with E-state index in [9.17, 15) is 4.79 Å². The Balaban J connectivity index is 2.02. The maximum Gasteiger partial charge on any atom is 0.306 e. The second-order valence-corrected chi connectivity index (χ2v) is 2.98. The number of benzene rings is 1. The number of carboxylic acids is 1. The summed E-state index contributed by atoms with van der Waals surface area (Å²) in [6.45, 7) is 0.295. The van der Waals surface area contributed by atoms with E-state index in [1.807, 2.05) is 0 Å². The van der Waals surface area contributed by atoms with Crippen molar-refractivity contribution >= 4 is 5.97 Å². The fourth-order valence-corrected chi connectivity index (χ4v) is 1.27. The summed E-state index contributed by atoms with van der Waals surface area (Å²) in [6.07, 6.45) is -0.0372. The van der Waals surface area contributed by atoms with Gasteiger partial charge in [-0.15, -0.1) is 0 Å². The quantitative estimate of drug-likeness (QED) is 0.810. The highest BCUT2D eigenvalue weighted by Gasteiger charge is 2.18. The first-order valence-electron chi connectivity index (χ1n) is 4.50. The largest absolute Gasteiger partial charge is 0.489 e. The second-order valence-electron chi connectivity index (χ2n) is 2.98. The highest BCUT2D eigenvalue weighted by Crippen LogP contribution is 2.40. The molecule has 0 amide bonds. The summed E-state index contributed by atoms with van der Waals surface area (Å²) in [5.74, 6) is 0.803. The first-order valence-corrected chi connectivity index (χ1v) is 4.50. The topological polar surface area (TPSA) is 65.0 Å². The van der Waals surface area contributed by atoms with Gasteiger partial charge in [-0.2, -0.15) is 0 Å². The molecule has 1 aliphatic heterocycles. The summed E-state index contributed by atoms with van der Waals surface area (Å²) in [6, 6.07) is 5.26. The lowest BCUT2D eigenvalue weighted by atomic mass is 10.3. The van der Waals surface area contributed by atoms with Crippen LogP contribution < -0.4 is 14.2 Å². The van der Waals surface area contributed by atoms with Crippen molar-refractivity contribution in [3.63, 3.8) is 0 Å². The number of ether oxygens (including phenoxy) is 3. The van der Waals surface area contributed by atoms with Gasteiger partial charge in [0, 0.05) is 0 Å². The molecule has 5 heteroatoms. The van der Waals surface area contributed by atoms with E-state index in [1.165, 1.54) is 0 Å². The molecular formula is C10H10O5. The molecule has 1 aromatic carbocycles. The molecule has 0 saturated carbocycles. The van der Waals surface area contributed by atoms with Crippen LogP contribution in [0.1, 0.15) is 6.42 Å². The van der Waals surface area contributed by atoms with Crippen molar-refractivity contribution in [3.8, 4) is 17.2 Å². The number of rotatable bonds is 4. The highest BCUT2D eigenvalue weighted by molar-refractivity contribution is 5.66. The summed E-state index contributed by atoms with van der Waals surface area (Å²) in [5, 5.41) is 8.45. The number of para-hydroxylation sites is 1. The third kappa shape index (κ3) is 2.12. The van der Waals surface area contributed by atoms with Crippen molar-refractivity contribution in [1.82, 2.24) is 0 Å². The zero-order chi connectivity index (χ0) is 10.7. The van der Waals surface area contributed by atoms with Gasteiger partial charge in [-0.1, -0.05) is 6.07 Å². The molecule has 0 aromatic heterocycles. The number of carboxylic acid groups (broad SMARTS) is 1. The highest BCUT2D eigenvalue weighted by atomic mass is 16.7. The molecule has 1 aromatic rings. The maximum atomic E-state index is 10.3. The predicted octanol–water partition coefficient (Wildman–Crippen LogP) is 1.27. The van der Waals surface area contributed by atoms with E-state index in [0.717, 1.165) is 0 Å². The molecule has 15 heavy (non-hydrogen) atoms. The Morgan fingerprint density at radius 3 is 3.13 bits per heavy atom. The van der Waals surface area contributed by atoms with Gasteiger partial charge >= 0.3 is 5.97 Å². The van der Waals surface area contributed by atoms with Crippen molar-refractivity contribution in [1.29, 1.82) is 0 Å². The van der Waals surface area contributed by atoms with Crippen LogP contribution in [0.25, 0.3) is 0 Å². The number of fused-ring (bicyclic) bond motifs is 1.